The predicted octanol–water partition coefficient (Wildman–Crippen LogP) is 2.78. The average molecular weight is 369 g/mol. The summed E-state index contributed by atoms with van der Waals surface area (Å²) < 4.78 is 27.0. The van der Waals surface area contributed by atoms with E-state index in [1.54, 1.807) is 19.2 Å². The Morgan fingerprint density at radius 2 is 2.04 bits per heavy atom. The van der Waals surface area contributed by atoms with Gasteiger partial charge in [-0.25, -0.2) is 8.78 Å². The number of hydrogen-bond acceptors (Lipinski definition) is 3. The molecule has 0 spiro atoms. The van der Waals surface area contributed by atoms with E-state index in [0.717, 1.165) is 18.1 Å². The molecule has 1 fully saturated rings. The van der Waals surface area contributed by atoms with Crippen molar-refractivity contribution in [3.8, 4) is 6.07 Å². The third-order valence-corrected chi connectivity index (χ3v) is 4.55. The molecule has 140 valence electrons. The molecule has 1 atom stereocenters. The van der Waals surface area contributed by atoms with Gasteiger partial charge in [0.25, 0.3) is 0 Å². The van der Waals surface area contributed by atoms with Crippen molar-refractivity contribution in [3.63, 3.8) is 0 Å². The third kappa shape index (κ3) is 4.73. The number of rotatable bonds is 4. The van der Waals surface area contributed by atoms with Crippen LogP contribution in [0.5, 0.6) is 0 Å². The van der Waals surface area contributed by atoms with Gasteiger partial charge in [0.05, 0.1) is 17.3 Å². The van der Waals surface area contributed by atoms with Crippen molar-refractivity contribution in [2.75, 3.05) is 25.0 Å². The quantitative estimate of drug-likeness (QED) is 0.643. The van der Waals surface area contributed by atoms with E-state index < -0.39 is 11.6 Å². The number of nitrogens with one attached hydrogen (secondary N) is 2. The van der Waals surface area contributed by atoms with Crippen LogP contribution in [0, 0.1) is 23.0 Å². The summed E-state index contributed by atoms with van der Waals surface area (Å²) in [5.74, 6) is -0.456. The normalized spacial score (nSPS) is 16.9. The Hall–Kier alpha value is -3.14. The summed E-state index contributed by atoms with van der Waals surface area (Å²) in [5.41, 5.74) is 2.08. The van der Waals surface area contributed by atoms with Crippen molar-refractivity contribution in [2.45, 2.75) is 19.0 Å². The van der Waals surface area contributed by atoms with Crippen molar-refractivity contribution in [3.05, 3.63) is 65.2 Å². The zero-order valence-electron chi connectivity index (χ0n) is 15.0. The van der Waals surface area contributed by atoms with Crippen molar-refractivity contribution in [2.24, 2.45) is 4.99 Å². The van der Waals surface area contributed by atoms with Gasteiger partial charge in [-0.05, 0) is 36.2 Å². The minimum atomic E-state index is -0.572. The molecular formula is C20H21F2N5. The summed E-state index contributed by atoms with van der Waals surface area (Å²) in [6.07, 6.45) is 0.828. The van der Waals surface area contributed by atoms with Crippen molar-refractivity contribution in [1.82, 2.24) is 10.6 Å². The van der Waals surface area contributed by atoms with Crippen LogP contribution < -0.4 is 15.5 Å². The highest BCUT2D eigenvalue weighted by Crippen LogP contribution is 2.24. The van der Waals surface area contributed by atoms with E-state index >= 15 is 0 Å². The first-order valence-electron chi connectivity index (χ1n) is 8.75. The lowest BCUT2D eigenvalue weighted by Crippen LogP contribution is -2.44. The van der Waals surface area contributed by atoms with Gasteiger partial charge in [0.2, 0.25) is 0 Å². The molecular weight excluding hydrogens is 348 g/mol. The maximum atomic E-state index is 14.0. The van der Waals surface area contributed by atoms with Crippen LogP contribution in [0.25, 0.3) is 0 Å². The summed E-state index contributed by atoms with van der Waals surface area (Å²) in [4.78, 5) is 6.13. The number of nitrogens with zero attached hydrogens (tertiary/aromatic N) is 3. The summed E-state index contributed by atoms with van der Waals surface area (Å²) in [7, 11) is 1.69. The Morgan fingerprint density at radius 1 is 1.26 bits per heavy atom. The van der Waals surface area contributed by atoms with Crippen LogP contribution in [0.4, 0.5) is 14.5 Å². The lowest BCUT2D eigenvalue weighted by Gasteiger charge is -2.21. The van der Waals surface area contributed by atoms with E-state index in [-0.39, 0.29) is 6.04 Å². The highest BCUT2D eigenvalue weighted by Gasteiger charge is 2.25. The molecule has 1 aliphatic heterocycles. The van der Waals surface area contributed by atoms with Crippen molar-refractivity contribution >= 4 is 11.6 Å². The largest absolute Gasteiger partial charge is 0.367 e. The van der Waals surface area contributed by atoms with Crippen molar-refractivity contribution < 1.29 is 8.78 Å². The Labute approximate surface area is 157 Å². The maximum Gasteiger partial charge on any atom is 0.191 e. The molecule has 7 heteroatoms. The molecule has 1 heterocycles. The van der Waals surface area contributed by atoms with E-state index in [1.165, 1.54) is 12.1 Å². The van der Waals surface area contributed by atoms with Crippen LogP contribution in [-0.2, 0) is 6.54 Å². The fraction of sp³-hybridized carbons (Fsp3) is 0.300. The molecule has 27 heavy (non-hydrogen) atoms. The van der Waals surface area contributed by atoms with E-state index in [9.17, 15) is 8.78 Å². The van der Waals surface area contributed by atoms with E-state index in [0.29, 0.717) is 36.8 Å². The van der Waals surface area contributed by atoms with Crippen LogP contribution in [0.1, 0.15) is 17.5 Å². The van der Waals surface area contributed by atoms with Crippen LogP contribution >= 0.6 is 0 Å². The highest BCUT2D eigenvalue weighted by molar-refractivity contribution is 5.80. The molecule has 5 nitrogen and oxygen atoms in total. The van der Waals surface area contributed by atoms with Crippen LogP contribution in [0.3, 0.4) is 0 Å². The van der Waals surface area contributed by atoms with E-state index in [2.05, 4.69) is 21.7 Å². The number of halogens is 2. The summed E-state index contributed by atoms with van der Waals surface area (Å²) in [6.45, 7) is 1.88. The molecule has 0 bridgehead atoms. The number of benzene rings is 2. The van der Waals surface area contributed by atoms with Gasteiger partial charge in [-0.1, -0.05) is 12.1 Å². The van der Waals surface area contributed by atoms with Gasteiger partial charge in [0, 0.05) is 38.8 Å². The molecule has 3 rings (SSSR count). The lowest BCUT2D eigenvalue weighted by molar-refractivity contribution is 0.580. The molecule has 2 N–H and O–H groups in total. The zero-order chi connectivity index (χ0) is 19.2. The monoisotopic (exact) mass is 369 g/mol. The zero-order valence-corrected chi connectivity index (χ0v) is 15.0. The molecule has 1 unspecified atom stereocenters. The van der Waals surface area contributed by atoms with E-state index in [4.69, 9.17) is 5.26 Å². The van der Waals surface area contributed by atoms with Gasteiger partial charge in [0.1, 0.15) is 11.6 Å². The first-order valence-corrected chi connectivity index (χ1v) is 8.75. The van der Waals surface area contributed by atoms with Gasteiger partial charge in [-0.3, -0.25) is 4.99 Å². The standard InChI is InChI=1S/C20H21F2N5/c1-24-20(25-12-15-4-2-14(11-23)3-5-15)26-17-8-9-27(13-17)19-7-6-16(21)10-18(19)22/h2-7,10,17H,8-9,12-13H2,1H3,(H2,24,25,26). The van der Waals surface area contributed by atoms with Gasteiger partial charge in [-0.15, -0.1) is 0 Å². The Morgan fingerprint density at radius 3 is 2.70 bits per heavy atom. The number of hydrogen-bond donors (Lipinski definition) is 2. The van der Waals surface area contributed by atoms with Gasteiger partial charge >= 0.3 is 0 Å². The number of guanidine groups is 1. The first-order chi connectivity index (χ1) is 13.1. The Kier molecular flexibility index (Phi) is 5.87. The second-order valence-corrected chi connectivity index (χ2v) is 6.41. The second kappa shape index (κ2) is 8.49. The highest BCUT2D eigenvalue weighted by atomic mass is 19.1. The molecule has 0 saturated carbocycles. The molecule has 0 aromatic heterocycles. The number of nitriles is 1. The minimum Gasteiger partial charge on any atom is -0.367 e. The topological polar surface area (TPSA) is 63.5 Å². The second-order valence-electron chi connectivity index (χ2n) is 6.41. The fourth-order valence-corrected chi connectivity index (χ4v) is 3.11. The SMILES string of the molecule is CN=C(NCc1ccc(C#N)cc1)NC1CCN(c2ccc(F)cc2F)C1. The van der Waals surface area contributed by atoms with Crippen LogP contribution in [0.2, 0.25) is 0 Å². The fourth-order valence-electron chi connectivity index (χ4n) is 3.11. The number of anilines is 1. The van der Waals surface area contributed by atoms with Crippen LogP contribution in [-0.4, -0.2) is 32.1 Å². The molecule has 1 saturated heterocycles. The third-order valence-electron chi connectivity index (χ3n) is 4.55. The minimum absolute atomic E-state index is 0.113. The smallest absolute Gasteiger partial charge is 0.191 e. The predicted molar refractivity (Wildman–Crippen MR) is 101 cm³/mol. The maximum absolute atomic E-state index is 14.0. The number of aliphatic imine (C=N–C) groups is 1. The average Bonchev–Trinajstić information content (AvgIpc) is 3.13. The summed E-state index contributed by atoms with van der Waals surface area (Å²) in [5, 5.41) is 15.4. The van der Waals surface area contributed by atoms with Gasteiger partial charge in [-0.2, -0.15) is 5.26 Å². The molecule has 1 aliphatic rings. The lowest BCUT2D eigenvalue weighted by atomic mass is 10.1. The van der Waals surface area contributed by atoms with Gasteiger partial charge < -0.3 is 15.5 Å². The molecule has 2 aromatic rings. The van der Waals surface area contributed by atoms with E-state index in [1.807, 2.05) is 17.0 Å². The Bertz CT molecular complexity index is 858. The first kappa shape index (κ1) is 18.6. The van der Waals surface area contributed by atoms with Crippen molar-refractivity contribution in [1.29, 1.82) is 5.26 Å². The summed E-state index contributed by atoms with van der Waals surface area (Å²) >= 11 is 0. The Balaban J connectivity index is 1.53. The molecule has 0 amide bonds. The molecule has 0 aliphatic carbocycles. The molecule has 2 aromatic carbocycles. The van der Waals surface area contributed by atoms with Gasteiger partial charge in [0.15, 0.2) is 5.96 Å². The summed E-state index contributed by atoms with van der Waals surface area (Å²) in [6, 6.07) is 13.2. The molecule has 0 radical (unpaired) electrons. The van der Waals surface area contributed by atoms with Crippen LogP contribution in [0.15, 0.2) is 47.5 Å².